The third kappa shape index (κ3) is 5.59. The van der Waals surface area contributed by atoms with Crippen LogP contribution in [-0.2, 0) is 4.79 Å². The van der Waals surface area contributed by atoms with E-state index in [0.717, 1.165) is 32.5 Å². The molecule has 3 N–H and O–H groups in total. The van der Waals surface area contributed by atoms with Gasteiger partial charge in [-0.15, -0.1) is 0 Å². The normalized spacial score (nSPS) is 10.8. The first kappa shape index (κ1) is 20.5. The molecule has 3 aromatic rings. The van der Waals surface area contributed by atoms with Crippen LogP contribution in [0.15, 0.2) is 45.7 Å². The highest BCUT2D eigenvalue weighted by molar-refractivity contribution is 7.99. The van der Waals surface area contributed by atoms with Crippen molar-refractivity contribution in [3.05, 3.63) is 36.4 Å². The van der Waals surface area contributed by atoms with Crippen molar-refractivity contribution in [3.63, 3.8) is 0 Å². The monoisotopic (exact) mass is 392 g/mol. The lowest BCUT2D eigenvalue weighted by Gasteiger charge is -2.01. The lowest BCUT2D eigenvalue weighted by molar-refractivity contribution is -0.137. The summed E-state index contributed by atoms with van der Waals surface area (Å²) in [5.74, 6) is -0.438. The zero-order chi connectivity index (χ0) is 19.1. The number of carbonyl (C=O) groups is 1. The molecule has 7 heteroatoms. The molecule has 2 aromatic carbocycles. The maximum atomic E-state index is 9.81. The SMILES string of the molecule is CC(C)CC(=O)O.CNSc1ccc2c(c1)oc1ccc(NSC)cc12. The summed E-state index contributed by atoms with van der Waals surface area (Å²) in [6.45, 7) is 3.77. The molecule has 0 aliphatic rings. The highest BCUT2D eigenvalue weighted by Crippen LogP contribution is 2.33. The molecule has 0 saturated carbocycles. The van der Waals surface area contributed by atoms with Crippen LogP contribution in [0.3, 0.4) is 0 Å². The predicted molar refractivity (Wildman–Crippen MR) is 113 cm³/mol. The standard InChI is InChI=1S/C14H14N2OS2.C5H10O2/c1-15-19-10-4-5-11-12-7-9(16-18-2)3-6-13(12)17-14(11)8-10;1-4(2)3-5(6)7/h3-8,15-16H,1-2H3;4H,3H2,1-2H3,(H,6,7). The smallest absolute Gasteiger partial charge is 0.303 e. The summed E-state index contributed by atoms with van der Waals surface area (Å²) in [6, 6.07) is 12.5. The van der Waals surface area contributed by atoms with E-state index in [1.54, 1.807) is 23.9 Å². The average molecular weight is 393 g/mol. The van der Waals surface area contributed by atoms with Crippen molar-refractivity contribution < 1.29 is 14.3 Å². The first-order valence-electron chi connectivity index (χ1n) is 8.25. The summed E-state index contributed by atoms with van der Waals surface area (Å²) in [4.78, 5) is 11.0. The minimum Gasteiger partial charge on any atom is -0.481 e. The number of carboxylic acids is 1. The van der Waals surface area contributed by atoms with Gasteiger partial charge in [-0.25, -0.2) is 0 Å². The van der Waals surface area contributed by atoms with Gasteiger partial charge in [0.05, 0.1) is 0 Å². The predicted octanol–water partition coefficient (Wildman–Crippen LogP) is 5.62. The fraction of sp³-hybridized carbons (Fsp3) is 0.316. The lowest BCUT2D eigenvalue weighted by Crippen LogP contribution is -1.99. The van der Waals surface area contributed by atoms with Crippen molar-refractivity contribution in [2.45, 2.75) is 25.2 Å². The van der Waals surface area contributed by atoms with Gasteiger partial charge in [-0.2, -0.15) is 0 Å². The van der Waals surface area contributed by atoms with Gasteiger partial charge in [-0.05, 0) is 61.3 Å². The second-order valence-corrected chi connectivity index (χ2v) is 7.77. The van der Waals surface area contributed by atoms with Gasteiger partial charge < -0.3 is 14.2 Å². The number of nitrogens with one attached hydrogen (secondary N) is 2. The molecule has 0 fully saturated rings. The van der Waals surface area contributed by atoms with Gasteiger partial charge in [0.15, 0.2) is 0 Å². The molecular formula is C19H24N2O3S2. The minimum atomic E-state index is -0.713. The third-order valence-corrected chi connectivity index (χ3v) is 4.60. The van der Waals surface area contributed by atoms with Crippen LogP contribution >= 0.6 is 23.9 Å². The van der Waals surface area contributed by atoms with Gasteiger partial charge in [0.25, 0.3) is 0 Å². The molecule has 140 valence electrons. The number of carboxylic acid groups (broad SMARTS) is 1. The second-order valence-electron chi connectivity index (χ2n) is 6.08. The Morgan fingerprint density at radius 2 is 1.92 bits per heavy atom. The van der Waals surface area contributed by atoms with Crippen molar-refractivity contribution in [1.29, 1.82) is 0 Å². The maximum absolute atomic E-state index is 9.81. The van der Waals surface area contributed by atoms with Crippen molar-refractivity contribution >= 4 is 57.5 Å². The first-order valence-corrected chi connectivity index (χ1v) is 10.3. The summed E-state index contributed by atoms with van der Waals surface area (Å²) >= 11 is 3.17. The molecule has 0 saturated heterocycles. The Morgan fingerprint density at radius 1 is 1.15 bits per heavy atom. The molecule has 0 radical (unpaired) electrons. The van der Waals surface area contributed by atoms with Gasteiger partial charge >= 0.3 is 5.97 Å². The molecule has 3 rings (SSSR count). The van der Waals surface area contributed by atoms with Crippen molar-refractivity contribution in [2.24, 2.45) is 5.92 Å². The zero-order valence-electron chi connectivity index (χ0n) is 15.3. The molecule has 5 nitrogen and oxygen atoms in total. The Balaban J connectivity index is 0.000000298. The number of hydrogen-bond donors (Lipinski definition) is 3. The molecule has 0 aliphatic carbocycles. The molecule has 0 unspecified atom stereocenters. The van der Waals surface area contributed by atoms with E-state index in [0.29, 0.717) is 0 Å². The number of anilines is 1. The van der Waals surface area contributed by atoms with Crippen molar-refractivity contribution in [1.82, 2.24) is 4.72 Å². The molecule has 0 aliphatic heterocycles. The zero-order valence-corrected chi connectivity index (χ0v) is 17.0. The van der Waals surface area contributed by atoms with Crippen LogP contribution in [-0.4, -0.2) is 24.4 Å². The molecule has 1 heterocycles. The minimum absolute atomic E-state index is 0.275. The third-order valence-electron chi connectivity index (χ3n) is 3.47. The van der Waals surface area contributed by atoms with Crippen LogP contribution in [0.1, 0.15) is 20.3 Å². The Bertz CT molecular complexity index is 878. The van der Waals surface area contributed by atoms with Crippen LogP contribution < -0.4 is 9.44 Å². The molecular weight excluding hydrogens is 368 g/mol. The fourth-order valence-corrected chi connectivity index (χ4v) is 3.37. The van der Waals surface area contributed by atoms with Gasteiger partial charge in [-0.3, -0.25) is 9.52 Å². The number of furan rings is 1. The molecule has 0 spiro atoms. The van der Waals surface area contributed by atoms with Crippen molar-refractivity contribution in [3.8, 4) is 0 Å². The molecule has 26 heavy (non-hydrogen) atoms. The van der Waals surface area contributed by atoms with Gasteiger partial charge in [0.1, 0.15) is 11.2 Å². The van der Waals surface area contributed by atoms with Crippen LogP contribution in [0, 0.1) is 5.92 Å². The fourth-order valence-electron chi connectivity index (χ4n) is 2.47. The Labute approximate surface area is 162 Å². The number of rotatable bonds is 6. The van der Waals surface area contributed by atoms with E-state index in [-0.39, 0.29) is 12.3 Å². The van der Waals surface area contributed by atoms with E-state index in [9.17, 15) is 4.79 Å². The second kappa shape index (κ2) is 9.75. The quantitative estimate of drug-likeness (QED) is 0.470. The molecule has 0 atom stereocenters. The number of benzene rings is 2. The Morgan fingerprint density at radius 3 is 2.50 bits per heavy atom. The highest BCUT2D eigenvalue weighted by Gasteiger charge is 2.08. The summed E-state index contributed by atoms with van der Waals surface area (Å²) in [6.07, 6.45) is 2.29. The summed E-state index contributed by atoms with van der Waals surface area (Å²) < 4.78 is 12.2. The van der Waals surface area contributed by atoms with Gasteiger partial charge in [0.2, 0.25) is 0 Å². The summed E-state index contributed by atoms with van der Waals surface area (Å²) in [5, 5.41) is 10.4. The lowest BCUT2D eigenvalue weighted by atomic mass is 10.1. The number of hydrogen-bond acceptors (Lipinski definition) is 6. The largest absolute Gasteiger partial charge is 0.481 e. The maximum Gasteiger partial charge on any atom is 0.303 e. The number of fused-ring (bicyclic) bond motifs is 3. The summed E-state index contributed by atoms with van der Waals surface area (Å²) in [7, 11) is 1.91. The molecule has 0 amide bonds. The number of aliphatic carboxylic acids is 1. The van der Waals surface area contributed by atoms with E-state index in [4.69, 9.17) is 9.52 Å². The van der Waals surface area contributed by atoms with Crippen LogP contribution in [0.2, 0.25) is 0 Å². The molecule has 1 aromatic heterocycles. The topological polar surface area (TPSA) is 74.5 Å². The van der Waals surface area contributed by atoms with E-state index in [1.165, 1.54) is 0 Å². The first-order chi connectivity index (χ1) is 12.4. The van der Waals surface area contributed by atoms with Crippen LogP contribution in [0.4, 0.5) is 5.69 Å². The van der Waals surface area contributed by atoms with E-state index < -0.39 is 5.97 Å². The average Bonchev–Trinajstić information content (AvgIpc) is 2.92. The van der Waals surface area contributed by atoms with Crippen molar-refractivity contribution in [2.75, 3.05) is 18.0 Å². The van der Waals surface area contributed by atoms with E-state index >= 15 is 0 Å². The van der Waals surface area contributed by atoms with Gasteiger partial charge in [-0.1, -0.05) is 25.8 Å². The Kier molecular flexibility index (Phi) is 7.68. The van der Waals surface area contributed by atoms with E-state index in [2.05, 4.69) is 33.7 Å². The van der Waals surface area contributed by atoms with Gasteiger partial charge in [0, 0.05) is 34.0 Å². The van der Waals surface area contributed by atoms with Crippen LogP contribution in [0.25, 0.3) is 21.9 Å². The highest BCUT2D eigenvalue weighted by atomic mass is 32.2. The van der Waals surface area contributed by atoms with Crippen LogP contribution in [0.5, 0.6) is 0 Å². The Hall–Kier alpha value is -1.83. The summed E-state index contributed by atoms with van der Waals surface area (Å²) in [5.41, 5.74) is 2.95. The molecule has 0 bridgehead atoms. The van der Waals surface area contributed by atoms with E-state index in [1.807, 2.05) is 39.3 Å².